The zero-order valence-electron chi connectivity index (χ0n) is 13.1. The van der Waals surface area contributed by atoms with Gasteiger partial charge in [-0.1, -0.05) is 20.8 Å². The molecule has 0 bridgehead atoms. The number of hydrogen-bond acceptors (Lipinski definition) is 4. The van der Waals surface area contributed by atoms with E-state index in [1.54, 1.807) is 12.1 Å². The molecule has 0 radical (unpaired) electrons. The predicted octanol–water partition coefficient (Wildman–Crippen LogP) is 3.18. The Morgan fingerprint density at radius 3 is 2.57 bits per heavy atom. The van der Waals surface area contributed by atoms with Crippen molar-refractivity contribution in [3.05, 3.63) is 23.8 Å². The normalized spacial score (nSPS) is 16.2. The molecule has 1 aromatic rings. The van der Waals surface area contributed by atoms with E-state index in [4.69, 9.17) is 15.2 Å². The summed E-state index contributed by atoms with van der Waals surface area (Å²) in [5, 5.41) is 0. The fraction of sp³-hybridized carbons (Fsp3) is 0.588. The van der Waals surface area contributed by atoms with E-state index in [1.165, 1.54) is 0 Å². The Morgan fingerprint density at radius 2 is 1.90 bits per heavy atom. The molecule has 0 aromatic heterocycles. The van der Waals surface area contributed by atoms with Crippen LogP contribution < -0.4 is 15.2 Å². The Labute approximate surface area is 126 Å². The van der Waals surface area contributed by atoms with Gasteiger partial charge >= 0.3 is 0 Å². The van der Waals surface area contributed by atoms with Gasteiger partial charge in [-0.05, 0) is 30.0 Å². The number of ether oxygens (including phenoxy) is 2. The highest BCUT2D eigenvalue weighted by Crippen LogP contribution is 2.31. The highest BCUT2D eigenvalue weighted by Gasteiger charge is 2.20. The van der Waals surface area contributed by atoms with Gasteiger partial charge < -0.3 is 15.2 Å². The number of ketones is 1. The van der Waals surface area contributed by atoms with E-state index in [0.29, 0.717) is 36.7 Å². The molecule has 1 heterocycles. The van der Waals surface area contributed by atoms with Gasteiger partial charge in [0.2, 0.25) is 0 Å². The summed E-state index contributed by atoms with van der Waals surface area (Å²) in [6.07, 6.45) is 2.04. The largest absolute Gasteiger partial charge is 0.490 e. The van der Waals surface area contributed by atoms with E-state index >= 15 is 0 Å². The van der Waals surface area contributed by atoms with E-state index in [9.17, 15) is 4.79 Å². The summed E-state index contributed by atoms with van der Waals surface area (Å²) in [4.78, 5) is 12.3. The van der Waals surface area contributed by atoms with Crippen LogP contribution >= 0.6 is 0 Å². The first-order chi connectivity index (χ1) is 9.85. The van der Waals surface area contributed by atoms with E-state index in [0.717, 1.165) is 12.8 Å². The first-order valence-electron chi connectivity index (χ1n) is 7.53. The van der Waals surface area contributed by atoms with Gasteiger partial charge in [-0.3, -0.25) is 4.79 Å². The molecule has 2 N–H and O–H groups in total. The molecular weight excluding hydrogens is 266 g/mol. The van der Waals surface area contributed by atoms with Gasteiger partial charge in [-0.15, -0.1) is 0 Å². The minimum absolute atomic E-state index is 0.0578. The first-order valence-corrected chi connectivity index (χ1v) is 7.53. The number of Topliss-reactive ketones (excluding diaryl/α,β-unsaturated/α-hetero) is 1. The van der Waals surface area contributed by atoms with Crippen molar-refractivity contribution in [2.24, 2.45) is 11.1 Å². The molecule has 21 heavy (non-hydrogen) atoms. The highest BCUT2D eigenvalue weighted by molar-refractivity contribution is 5.97. The van der Waals surface area contributed by atoms with Gasteiger partial charge in [-0.25, -0.2) is 0 Å². The summed E-state index contributed by atoms with van der Waals surface area (Å²) < 4.78 is 11.2. The van der Waals surface area contributed by atoms with Crippen molar-refractivity contribution in [2.75, 3.05) is 13.2 Å². The lowest BCUT2D eigenvalue weighted by atomic mass is 9.86. The maximum Gasteiger partial charge on any atom is 0.164 e. The second-order valence-electron chi connectivity index (χ2n) is 6.86. The van der Waals surface area contributed by atoms with Crippen LogP contribution in [0.3, 0.4) is 0 Å². The number of rotatable bonds is 4. The van der Waals surface area contributed by atoms with Gasteiger partial charge in [-0.2, -0.15) is 0 Å². The second kappa shape index (κ2) is 6.48. The molecule has 2 rings (SSSR count). The molecule has 0 saturated heterocycles. The second-order valence-corrected chi connectivity index (χ2v) is 6.86. The lowest BCUT2D eigenvalue weighted by Gasteiger charge is -2.22. The Kier molecular flexibility index (Phi) is 4.88. The molecule has 116 valence electrons. The Balaban J connectivity index is 2.04. The van der Waals surface area contributed by atoms with Gasteiger partial charge in [0.1, 0.15) is 0 Å². The molecule has 0 fully saturated rings. The van der Waals surface area contributed by atoms with Crippen LogP contribution in [-0.4, -0.2) is 25.0 Å². The molecule has 1 aliphatic heterocycles. The maximum atomic E-state index is 12.3. The number of fused-ring (bicyclic) bond motifs is 1. The molecule has 1 unspecified atom stereocenters. The van der Waals surface area contributed by atoms with Crippen LogP contribution in [0.5, 0.6) is 11.5 Å². The van der Waals surface area contributed by atoms with Crippen LogP contribution in [0.4, 0.5) is 0 Å². The number of benzene rings is 1. The van der Waals surface area contributed by atoms with Crippen LogP contribution in [0.1, 0.15) is 50.4 Å². The van der Waals surface area contributed by atoms with Crippen molar-refractivity contribution in [1.29, 1.82) is 0 Å². The molecule has 1 aromatic carbocycles. The maximum absolute atomic E-state index is 12.3. The van der Waals surface area contributed by atoms with E-state index in [2.05, 4.69) is 20.8 Å². The van der Waals surface area contributed by atoms with Crippen molar-refractivity contribution in [3.63, 3.8) is 0 Å². The molecule has 0 saturated carbocycles. The summed E-state index contributed by atoms with van der Waals surface area (Å²) in [7, 11) is 0. The first kappa shape index (κ1) is 15.8. The average Bonchev–Trinajstić information content (AvgIpc) is 2.60. The predicted molar refractivity (Wildman–Crippen MR) is 83.0 cm³/mol. The minimum Gasteiger partial charge on any atom is -0.490 e. The zero-order valence-corrected chi connectivity index (χ0v) is 13.1. The van der Waals surface area contributed by atoms with Crippen LogP contribution in [0, 0.1) is 5.41 Å². The Hall–Kier alpha value is -1.55. The van der Waals surface area contributed by atoms with Crippen molar-refractivity contribution < 1.29 is 14.3 Å². The molecule has 0 aliphatic carbocycles. The molecular formula is C17H25NO3. The van der Waals surface area contributed by atoms with Gasteiger partial charge in [0.25, 0.3) is 0 Å². The van der Waals surface area contributed by atoms with E-state index < -0.39 is 0 Å². The molecule has 1 atom stereocenters. The number of carbonyl (C=O) groups is 1. The summed E-state index contributed by atoms with van der Waals surface area (Å²) in [6, 6.07) is 5.25. The minimum atomic E-state index is -0.117. The highest BCUT2D eigenvalue weighted by atomic mass is 16.5. The Bertz CT molecular complexity index is 505. The van der Waals surface area contributed by atoms with Crippen LogP contribution in [-0.2, 0) is 0 Å². The van der Waals surface area contributed by atoms with Crippen LogP contribution in [0.15, 0.2) is 18.2 Å². The molecule has 1 aliphatic rings. The Morgan fingerprint density at radius 1 is 1.24 bits per heavy atom. The third-order valence-corrected chi connectivity index (χ3v) is 3.39. The topological polar surface area (TPSA) is 61.6 Å². The SMILES string of the molecule is CC(C)(C)CC(N)CC(=O)c1ccc2c(c1)OCCCO2. The van der Waals surface area contributed by atoms with Gasteiger partial charge in [0.15, 0.2) is 17.3 Å². The molecule has 0 spiro atoms. The van der Waals surface area contributed by atoms with Crippen LogP contribution in [0.2, 0.25) is 0 Å². The zero-order chi connectivity index (χ0) is 15.5. The summed E-state index contributed by atoms with van der Waals surface area (Å²) >= 11 is 0. The standard InChI is InChI=1S/C17H25NO3/c1-17(2,3)11-13(18)10-14(19)12-5-6-15-16(9-12)21-8-4-7-20-15/h5-6,9,13H,4,7-8,10-11,18H2,1-3H3. The average molecular weight is 291 g/mol. The van der Waals surface area contributed by atoms with Crippen molar-refractivity contribution in [2.45, 2.75) is 46.1 Å². The third kappa shape index (κ3) is 4.74. The lowest BCUT2D eigenvalue weighted by Crippen LogP contribution is -2.29. The lowest BCUT2D eigenvalue weighted by molar-refractivity contribution is 0.0968. The molecule has 4 nitrogen and oxygen atoms in total. The fourth-order valence-electron chi connectivity index (χ4n) is 2.55. The van der Waals surface area contributed by atoms with Crippen LogP contribution in [0.25, 0.3) is 0 Å². The number of carbonyl (C=O) groups excluding carboxylic acids is 1. The third-order valence-electron chi connectivity index (χ3n) is 3.39. The van der Waals surface area contributed by atoms with Crippen molar-refractivity contribution >= 4 is 5.78 Å². The number of nitrogens with two attached hydrogens (primary N) is 1. The van der Waals surface area contributed by atoms with E-state index in [-0.39, 0.29) is 17.2 Å². The molecule has 0 amide bonds. The fourth-order valence-corrected chi connectivity index (χ4v) is 2.55. The van der Waals surface area contributed by atoms with Crippen molar-refractivity contribution in [3.8, 4) is 11.5 Å². The van der Waals surface area contributed by atoms with Gasteiger partial charge in [0, 0.05) is 24.4 Å². The smallest absolute Gasteiger partial charge is 0.164 e. The monoisotopic (exact) mass is 291 g/mol. The summed E-state index contributed by atoms with van der Waals surface area (Å²) in [6.45, 7) is 7.66. The summed E-state index contributed by atoms with van der Waals surface area (Å²) in [5.41, 5.74) is 6.86. The summed E-state index contributed by atoms with van der Waals surface area (Å²) in [5.74, 6) is 1.42. The van der Waals surface area contributed by atoms with Crippen molar-refractivity contribution in [1.82, 2.24) is 0 Å². The number of hydrogen-bond donors (Lipinski definition) is 1. The quantitative estimate of drug-likeness (QED) is 0.865. The molecule has 4 heteroatoms. The van der Waals surface area contributed by atoms with Gasteiger partial charge in [0.05, 0.1) is 13.2 Å². The van der Waals surface area contributed by atoms with E-state index in [1.807, 2.05) is 6.07 Å².